The molecule has 0 aromatic heterocycles. The summed E-state index contributed by atoms with van der Waals surface area (Å²) < 4.78 is 0. The van der Waals surface area contributed by atoms with E-state index in [0.717, 1.165) is 25.7 Å². The number of aldehydes is 1. The quantitative estimate of drug-likeness (QED) is 0.495. The average Bonchev–Trinajstić information content (AvgIpc) is 2.02. The second kappa shape index (κ2) is 22.6. The van der Waals surface area contributed by atoms with Gasteiger partial charge in [0.15, 0.2) is 0 Å². The zero-order valence-electron chi connectivity index (χ0n) is 7.31. The second-order valence-electron chi connectivity index (χ2n) is 1.77. The molecule has 2 heteroatoms. The van der Waals surface area contributed by atoms with Crippen LogP contribution in [-0.4, -0.2) is 19.9 Å². The molecule has 0 aliphatic heterocycles. The minimum absolute atomic E-state index is 0. The molecule has 0 fully saturated rings. The van der Waals surface area contributed by atoms with Gasteiger partial charge in [0.1, 0.15) is 6.29 Å². The van der Waals surface area contributed by atoms with Gasteiger partial charge < -0.3 is 10.1 Å². The monoisotopic (exact) mass is 161 g/mol. The highest BCUT2D eigenvalue weighted by atomic mass is 16.1. The molecular weight excluding hydrogens is 138 g/mol. The van der Waals surface area contributed by atoms with E-state index in [4.69, 9.17) is 0 Å². The van der Waals surface area contributed by atoms with Crippen LogP contribution in [0.4, 0.5) is 0 Å². The average molecular weight is 161 g/mol. The highest BCUT2D eigenvalue weighted by Crippen LogP contribution is 1.88. The molecule has 0 aromatic carbocycles. The van der Waals surface area contributed by atoms with Crippen LogP contribution in [0, 0.1) is 0 Å². The molecule has 1 N–H and O–H groups in total. The van der Waals surface area contributed by atoms with Gasteiger partial charge in [-0.25, -0.2) is 0 Å². The van der Waals surface area contributed by atoms with Crippen molar-refractivity contribution in [1.29, 1.82) is 0 Å². The normalized spacial score (nSPS) is 7.18. The zero-order valence-corrected chi connectivity index (χ0v) is 7.31. The maximum atomic E-state index is 9.75. The van der Waals surface area contributed by atoms with Gasteiger partial charge >= 0.3 is 0 Å². The number of hydrogen-bond acceptors (Lipinski definition) is 2. The van der Waals surface area contributed by atoms with Crippen molar-refractivity contribution in [2.45, 2.75) is 40.5 Å². The Balaban J connectivity index is -0.000000196. The van der Waals surface area contributed by atoms with Crippen LogP contribution in [0.3, 0.4) is 0 Å². The number of rotatable bonds is 5. The van der Waals surface area contributed by atoms with Gasteiger partial charge in [0.05, 0.1) is 0 Å². The molecule has 0 saturated carbocycles. The Morgan fingerprint density at radius 1 is 1.27 bits per heavy atom. The fraction of sp³-hybridized carbons (Fsp3) is 0.889. The minimum Gasteiger partial charge on any atom is -0.320 e. The van der Waals surface area contributed by atoms with Crippen LogP contribution in [0.15, 0.2) is 0 Å². The maximum Gasteiger partial charge on any atom is 0.119 e. The lowest BCUT2D eigenvalue weighted by Crippen LogP contribution is -2.06. The van der Waals surface area contributed by atoms with E-state index in [1.807, 2.05) is 20.9 Å². The predicted molar refractivity (Wildman–Crippen MR) is 51.9 cm³/mol. The summed E-state index contributed by atoms with van der Waals surface area (Å²) in [5.74, 6) is 0. The Hall–Kier alpha value is -0.370. The van der Waals surface area contributed by atoms with Gasteiger partial charge in [-0.1, -0.05) is 21.3 Å². The van der Waals surface area contributed by atoms with Crippen molar-refractivity contribution in [2.24, 2.45) is 0 Å². The molecule has 0 aromatic rings. The van der Waals surface area contributed by atoms with Crippen molar-refractivity contribution in [1.82, 2.24) is 5.32 Å². The highest BCUT2D eigenvalue weighted by molar-refractivity contribution is 5.48. The molecule has 0 rings (SSSR count). The molecule has 2 nitrogen and oxygen atoms in total. The van der Waals surface area contributed by atoms with Gasteiger partial charge in [0.2, 0.25) is 0 Å². The summed E-state index contributed by atoms with van der Waals surface area (Å²) >= 11 is 0. The molecule has 0 spiro atoms. The third kappa shape index (κ3) is 26.2. The van der Waals surface area contributed by atoms with Gasteiger partial charge in [0.25, 0.3) is 0 Å². The van der Waals surface area contributed by atoms with E-state index in [-0.39, 0.29) is 7.43 Å². The van der Waals surface area contributed by atoms with E-state index in [0.29, 0.717) is 6.42 Å². The highest BCUT2D eigenvalue weighted by Gasteiger charge is 1.82. The fourth-order valence-corrected chi connectivity index (χ4v) is 0.529. The lowest BCUT2D eigenvalue weighted by molar-refractivity contribution is -0.107. The summed E-state index contributed by atoms with van der Waals surface area (Å²) in [6.45, 7) is 5.02. The first-order chi connectivity index (χ1) is 4.91. The molecule has 0 aliphatic rings. The minimum atomic E-state index is 0. The van der Waals surface area contributed by atoms with Crippen LogP contribution >= 0.6 is 0 Å². The fourth-order valence-electron chi connectivity index (χ4n) is 0.529. The van der Waals surface area contributed by atoms with Gasteiger partial charge in [-0.15, -0.1) is 0 Å². The third-order valence-electron chi connectivity index (χ3n) is 0.999. The van der Waals surface area contributed by atoms with Gasteiger partial charge in [-0.05, 0) is 26.4 Å². The summed E-state index contributed by atoms with van der Waals surface area (Å²) in [5, 5.41) is 3.01. The van der Waals surface area contributed by atoms with Crippen LogP contribution in [0.2, 0.25) is 0 Å². The third-order valence-corrected chi connectivity index (χ3v) is 0.999. The van der Waals surface area contributed by atoms with E-state index in [9.17, 15) is 4.79 Å². The maximum absolute atomic E-state index is 9.75. The van der Waals surface area contributed by atoms with Crippen LogP contribution in [0.5, 0.6) is 0 Å². The van der Waals surface area contributed by atoms with Crippen molar-refractivity contribution in [3.05, 3.63) is 0 Å². The Labute approximate surface area is 71.4 Å². The molecule has 11 heavy (non-hydrogen) atoms. The first-order valence-corrected chi connectivity index (χ1v) is 4.00. The Morgan fingerprint density at radius 2 is 1.82 bits per heavy atom. The Kier molecular flexibility index (Phi) is 34.8. The molecule has 0 bridgehead atoms. The summed E-state index contributed by atoms with van der Waals surface area (Å²) in [6.07, 6.45) is 3.80. The van der Waals surface area contributed by atoms with Gasteiger partial charge in [0, 0.05) is 6.42 Å². The summed E-state index contributed by atoms with van der Waals surface area (Å²) in [7, 11) is 1.92. The number of nitrogens with one attached hydrogen (secondary N) is 1. The van der Waals surface area contributed by atoms with Crippen molar-refractivity contribution < 1.29 is 4.79 Å². The van der Waals surface area contributed by atoms with E-state index in [1.54, 1.807) is 0 Å². The largest absolute Gasteiger partial charge is 0.320 e. The second-order valence-corrected chi connectivity index (χ2v) is 1.77. The summed E-state index contributed by atoms with van der Waals surface area (Å²) in [5.41, 5.74) is 0. The topological polar surface area (TPSA) is 29.1 Å². The molecule has 0 aliphatic carbocycles. The zero-order chi connectivity index (χ0) is 8.24. The Bertz CT molecular complexity index is 55.5. The van der Waals surface area contributed by atoms with Crippen molar-refractivity contribution in [3.8, 4) is 0 Å². The van der Waals surface area contributed by atoms with E-state index in [1.165, 1.54) is 0 Å². The first kappa shape index (κ1) is 16.9. The summed E-state index contributed by atoms with van der Waals surface area (Å²) in [4.78, 5) is 9.75. The van der Waals surface area contributed by atoms with Crippen molar-refractivity contribution >= 4 is 6.29 Å². The van der Waals surface area contributed by atoms with E-state index >= 15 is 0 Å². The number of carbonyl (C=O) groups excluding carboxylic acids is 1. The molecule has 0 radical (unpaired) electrons. The molecule has 0 atom stereocenters. The Morgan fingerprint density at radius 3 is 2.18 bits per heavy atom. The van der Waals surface area contributed by atoms with Crippen LogP contribution < -0.4 is 5.32 Å². The van der Waals surface area contributed by atoms with E-state index < -0.39 is 0 Å². The molecule has 70 valence electrons. The van der Waals surface area contributed by atoms with E-state index in [2.05, 4.69) is 5.32 Å². The predicted octanol–water partition coefficient (Wildman–Crippen LogP) is 2.24. The molecule has 0 saturated heterocycles. The number of unbranched alkanes of at least 4 members (excludes halogenated alkanes) is 2. The first-order valence-electron chi connectivity index (χ1n) is 4.00. The van der Waals surface area contributed by atoms with Crippen molar-refractivity contribution in [2.75, 3.05) is 13.6 Å². The van der Waals surface area contributed by atoms with Crippen LogP contribution in [-0.2, 0) is 4.79 Å². The lowest BCUT2D eigenvalue weighted by atomic mass is 10.2. The molecule has 0 unspecified atom stereocenters. The number of hydrogen-bond donors (Lipinski definition) is 1. The number of carbonyl (C=O) groups is 1. The SMILES string of the molecule is C.CC.CNCCCCC=O. The van der Waals surface area contributed by atoms with Crippen molar-refractivity contribution in [3.63, 3.8) is 0 Å². The van der Waals surface area contributed by atoms with Crippen LogP contribution in [0.25, 0.3) is 0 Å². The van der Waals surface area contributed by atoms with Crippen LogP contribution in [0.1, 0.15) is 40.5 Å². The summed E-state index contributed by atoms with van der Waals surface area (Å²) in [6, 6.07) is 0. The van der Waals surface area contributed by atoms with Gasteiger partial charge in [-0.3, -0.25) is 0 Å². The molecule has 0 heterocycles. The lowest BCUT2D eigenvalue weighted by Gasteiger charge is -1.92. The molecule has 0 amide bonds. The van der Waals surface area contributed by atoms with Gasteiger partial charge in [-0.2, -0.15) is 0 Å². The standard InChI is InChI=1S/C6H13NO.C2H6.CH4/c1-7-5-3-2-4-6-8;1-2;/h6-7H,2-5H2,1H3;1-2H3;1H4. The smallest absolute Gasteiger partial charge is 0.119 e. The molecular formula is C9H23NO.